The first-order valence-electron chi connectivity index (χ1n) is 7.83. The Morgan fingerprint density at radius 2 is 2.05 bits per heavy atom. The zero-order chi connectivity index (χ0) is 15.2. The van der Waals surface area contributed by atoms with Gasteiger partial charge in [0, 0.05) is 37.9 Å². The molecular weight excluding hydrogens is 274 g/mol. The van der Waals surface area contributed by atoms with Crippen LogP contribution in [0.25, 0.3) is 0 Å². The average molecular weight is 295 g/mol. The molecule has 0 fully saturated rings. The Morgan fingerprint density at radius 1 is 1.18 bits per heavy atom. The summed E-state index contributed by atoms with van der Waals surface area (Å²) in [6.07, 6.45) is 4.41. The highest BCUT2D eigenvalue weighted by atomic mass is 16.2. The van der Waals surface area contributed by atoms with Crippen molar-refractivity contribution in [3.05, 3.63) is 59.9 Å². The number of carbonyl (C=O) groups is 1. The van der Waals surface area contributed by atoms with E-state index < -0.39 is 0 Å². The zero-order valence-electron chi connectivity index (χ0n) is 12.7. The molecule has 0 bridgehead atoms. The number of aromatic nitrogens is 1. The number of hydrogen-bond acceptors (Lipinski definition) is 3. The summed E-state index contributed by atoms with van der Waals surface area (Å²) in [6.45, 7) is 2.20. The summed E-state index contributed by atoms with van der Waals surface area (Å²) in [5, 5.41) is 3.29. The topological polar surface area (TPSA) is 45.2 Å². The van der Waals surface area contributed by atoms with Crippen LogP contribution in [0, 0.1) is 0 Å². The van der Waals surface area contributed by atoms with E-state index in [-0.39, 0.29) is 5.91 Å². The number of anilines is 1. The number of nitrogens with zero attached hydrogens (tertiary/aromatic N) is 2. The van der Waals surface area contributed by atoms with Gasteiger partial charge in [0.15, 0.2) is 0 Å². The van der Waals surface area contributed by atoms with Crippen molar-refractivity contribution in [3.63, 3.8) is 0 Å². The van der Waals surface area contributed by atoms with E-state index in [1.54, 1.807) is 6.20 Å². The Kier molecular flexibility index (Phi) is 4.81. The van der Waals surface area contributed by atoms with Gasteiger partial charge in [-0.1, -0.05) is 24.3 Å². The van der Waals surface area contributed by atoms with Crippen molar-refractivity contribution in [1.82, 2.24) is 10.3 Å². The van der Waals surface area contributed by atoms with Gasteiger partial charge in [0.2, 0.25) is 5.91 Å². The van der Waals surface area contributed by atoms with E-state index in [0.717, 1.165) is 30.8 Å². The maximum Gasteiger partial charge on any atom is 0.228 e. The van der Waals surface area contributed by atoms with Crippen LogP contribution in [0.3, 0.4) is 0 Å². The number of carbonyl (C=O) groups excluding carboxylic acids is 1. The summed E-state index contributed by atoms with van der Waals surface area (Å²) >= 11 is 0. The van der Waals surface area contributed by atoms with Crippen LogP contribution in [0.1, 0.15) is 24.1 Å². The van der Waals surface area contributed by atoms with E-state index in [9.17, 15) is 4.79 Å². The highest BCUT2D eigenvalue weighted by molar-refractivity contribution is 5.94. The van der Waals surface area contributed by atoms with E-state index in [0.29, 0.717) is 19.5 Å². The van der Waals surface area contributed by atoms with Crippen LogP contribution in [0.2, 0.25) is 0 Å². The second-order valence-corrected chi connectivity index (χ2v) is 5.53. The standard InChI is InChI=1S/C18H21N3O/c22-18(10-12-19-14-16-8-3-4-11-20-16)21-13-5-7-15-6-1-2-9-17(15)21/h1-4,6,8-9,11,19H,5,7,10,12-14H2. The van der Waals surface area contributed by atoms with Crippen molar-refractivity contribution in [2.24, 2.45) is 0 Å². The highest BCUT2D eigenvalue weighted by Gasteiger charge is 2.21. The molecule has 1 aliphatic heterocycles. The minimum Gasteiger partial charge on any atom is -0.312 e. The smallest absolute Gasteiger partial charge is 0.228 e. The number of hydrogen-bond donors (Lipinski definition) is 1. The van der Waals surface area contributed by atoms with Gasteiger partial charge in [0.25, 0.3) is 0 Å². The second kappa shape index (κ2) is 7.18. The number of aryl methyl sites for hydroxylation is 1. The predicted octanol–water partition coefficient (Wildman–Crippen LogP) is 2.54. The lowest BCUT2D eigenvalue weighted by Gasteiger charge is -2.29. The Morgan fingerprint density at radius 3 is 2.91 bits per heavy atom. The summed E-state index contributed by atoms with van der Waals surface area (Å²) in [4.78, 5) is 18.6. The molecule has 114 valence electrons. The molecule has 0 unspecified atom stereocenters. The van der Waals surface area contributed by atoms with Crippen LogP contribution in [0.4, 0.5) is 5.69 Å². The fourth-order valence-electron chi connectivity index (χ4n) is 2.84. The molecule has 0 spiro atoms. The van der Waals surface area contributed by atoms with Crippen molar-refractivity contribution in [1.29, 1.82) is 0 Å². The molecule has 0 saturated heterocycles. The summed E-state index contributed by atoms with van der Waals surface area (Å²) in [5.41, 5.74) is 3.37. The van der Waals surface area contributed by atoms with Crippen LogP contribution >= 0.6 is 0 Å². The van der Waals surface area contributed by atoms with E-state index in [1.165, 1.54) is 5.56 Å². The normalized spacial score (nSPS) is 13.7. The van der Waals surface area contributed by atoms with E-state index in [1.807, 2.05) is 41.3 Å². The summed E-state index contributed by atoms with van der Waals surface area (Å²) in [7, 11) is 0. The molecular formula is C18H21N3O. The van der Waals surface area contributed by atoms with Crippen LogP contribution in [0.15, 0.2) is 48.7 Å². The van der Waals surface area contributed by atoms with E-state index in [2.05, 4.69) is 16.4 Å². The quantitative estimate of drug-likeness (QED) is 0.862. The maximum atomic E-state index is 12.4. The first-order valence-corrected chi connectivity index (χ1v) is 7.83. The van der Waals surface area contributed by atoms with Crippen molar-refractivity contribution < 1.29 is 4.79 Å². The molecule has 1 amide bonds. The lowest BCUT2D eigenvalue weighted by molar-refractivity contribution is -0.118. The SMILES string of the molecule is O=C(CCNCc1ccccn1)N1CCCc2ccccc21. The van der Waals surface area contributed by atoms with Gasteiger partial charge in [-0.2, -0.15) is 0 Å². The fraction of sp³-hybridized carbons (Fsp3) is 0.333. The van der Waals surface area contributed by atoms with Gasteiger partial charge >= 0.3 is 0 Å². The molecule has 1 aromatic heterocycles. The van der Waals surface area contributed by atoms with Crippen molar-refractivity contribution >= 4 is 11.6 Å². The monoisotopic (exact) mass is 295 g/mol. The number of benzene rings is 1. The molecule has 1 N–H and O–H groups in total. The van der Waals surface area contributed by atoms with E-state index >= 15 is 0 Å². The number of fused-ring (bicyclic) bond motifs is 1. The van der Waals surface area contributed by atoms with Gasteiger partial charge < -0.3 is 10.2 Å². The number of rotatable bonds is 5. The molecule has 4 nitrogen and oxygen atoms in total. The molecule has 0 aliphatic carbocycles. The molecule has 1 aromatic carbocycles. The summed E-state index contributed by atoms with van der Waals surface area (Å²) in [5.74, 6) is 0.195. The summed E-state index contributed by atoms with van der Waals surface area (Å²) in [6, 6.07) is 14.1. The number of amides is 1. The lowest BCUT2D eigenvalue weighted by Crippen LogP contribution is -2.37. The largest absolute Gasteiger partial charge is 0.312 e. The van der Waals surface area contributed by atoms with Gasteiger partial charge in [-0.15, -0.1) is 0 Å². The number of para-hydroxylation sites is 1. The van der Waals surface area contributed by atoms with Crippen LogP contribution in [0.5, 0.6) is 0 Å². The average Bonchev–Trinajstić information content (AvgIpc) is 2.59. The van der Waals surface area contributed by atoms with Gasteiger partial charge in [-0.3, -0.25) is 9.78 Å². The molecule has 2 heterocycles. The highest BCUT2D eigenvalue weighted by Crippen LogP contribution is 2.26. The van der Waals surface area contributed by atoms with Crippen molar-refractivity contribution in [3.8, 4) is 0 Å². The molecule has 0 saturated carbocycles. The van der Waals surface area contributed by atoms with Gasteiger partial charge in [-0.25, -0.2) is 0 Å². The zero-order valence-corrected chi connectivity index (χ0v) is 12.7. The third-order valence-corrected chi connectivity index (χ3v) is 3.96. The second-order valence-electron chi connectivity index (χ2n) is 5.53. The van der Waals surface area contributed by atoms with Crippen LogP contribution < -0.4 is 10.2 Å². The van der Waals surface area contributed by atoms with Crippen LogP contribution in [-0.2, 0) is 17.8 Å². The molecule has 0 atom stereocenters. The Hall–Kier alpha value is -2.20. The maximum absolute atomic E-state index is 12.4. The van der Waals surface area contributed by atoms with Crippen molar-refractivity contribution in [2.75, 3.05) is 18.0 Å². The number of nitrogens with one attached hydrogen (secondary N) is 1. The van der Waals surface area contributed by atoms with Crippen LogP contribution in [-0.4, -0.2) is 24.0 Å². The first-order chi connectivity index (χ1) is 10.8. The minimum atomic E-state index is 0.195. The van der Waals surface area contributed by atoms with Gasteiger partial charge in [0.1, 0.15) is 0 Å². The Balaban J connectivity index is 1.51. The molecule has 0 radical (unpaired) electrons. The van der Waals surface area contributed by atoms with Gasteiger partial charge in [0.05, 0.1) is 5.69 Å². The predicted molar refractivity (Wildman–Crippen MR) is 87.7 cm³/mol. The first kappa shape index (κ1) is 14.7. The Bertz CT molecular complexity index is 627. The third-order valence-electron chi connectivity index (χ3n) is 3.96. The molecule has 4 heteroatoms. The molecule has 1 aliphatic rings. The molecule has 2 aromatic rings. The third kappa shape index (κ3) is 3.52. The fourth-order valence-corrected chi connectivity index (χ4v) is 2.84. The molecule has 22 heavy (non-hydrogen) atoms. The van der Waals surface area contributed by atoms with E-state index in [4.69, 9.17) is 0 Å². The summed E-state index contributed by atoms with van der Waals surface area (Å²) < 4.78 is 0. The Labute approximate surface area is 131 Å². The van der Waals surface area contributed by atoms with Crippen molar-refractivity contribution in [2.45, 2.75) is 25.8 Å². The van der Waals surface area contributed by atoms with Gasteiger partial charge in [-0.05, 0) is 36.6 Å². The lowest BCUT2D eigenvalue weighted by atomic mass is 10.0. The molecule has 3 rings (SSSR count). The number of pyridine rings is 1. The minimum absolute atomic E-state index is 0.195.